The molecule has 8 heteroatoms. The van der Waals surface area contributed by atoms with Crippen molar-refractivity contribution in [1.29, 1.82) is 0 Å². The summed E-state index contributed by atoms with van der Waals surface area (Å²) in [7, 11) is 0. The van der Waals surface area contributed by atoms with Gasteiger partial charge in [-0.15, -0.1) is 0 Å². The summed E-state index contributed by atoms with van der Waals surface area (Å²) in [6.07, 6.45) is 5.21. The first kappa shape index (κ1) is 24.3. The Kier molecular flexibility index (Phi) is 7.25. The molecule has 0 spiro atoms. The van der Waals surface area contributed by atoms with Crippen LogP contribution >= 0.6 is 0 Å². The molecule has 188 valence electrons. The Labute approximate surface area is 211 Å². The molecule has 2 fully saturated rings. The number of ketones is 2. The van der Waals surface area contributed by atoms with Crippen molar-refractivity contribution in [2.75, 3.05) is 49.9 Å². The standard InChI is InChI=1S/C28H32N4O4/c33-23(11-17-31-13-3-4-14-31)29-21-9-10-22(30-24(34)12-18-32-15-5-6-16-32)26-25(21)27(35)19-7-1-2-8-20(19)28(26)36/h1-2,7-10H,3-6,11-18H2,(H,29,33)(H,30,34). The van der Waals surface area contributed by atoms with E-state index < -0.39 is 0 Å². The van der Waals surface area contributed by atoms with Crippen LogP contribution in [0.15, 0.2) is 36.4 Å². The Morgan fingerprint density at radius 1 is 0.639 bits per heavy atom. The maximum Gasteiger partial charge on any atom is 0.225 e. The topological polar surface area (TPSA) is 98.8 Å². The number of carbonyl (C=O) groups excluding carboxylic acids is 4. The van der Waals surface area contributed by atoms with Gasteiger partial charge in [-0.25, -0.2) is 0 Å². The van der Waals surface area contributed by atoms with Crippen LogP contribution < -0.4 is 10.6 Å². The zero-order valence-corrected chi connectivity index (χ0v) is 20.5. The molecule has 0 atom stereocenters. The van der Waals surface area contributed by atoms with Gasteiger partial charge in [-0.1, -0.05) is 24.3 Å². The molecule has 3 aliphatic rings. The first-order chi connectivity index (χ1) is 17.5. The average Bonchev–Trinajstić information content (AvgIpc) is 3.60. The zero-order chi connectivity index (χ0) is 25.1. The van der Waals surface area contributed by atoms with E-state index in [2.05, 4.69) is 20.4 Å². The first-order valence-electron chi connectivity index (χ1n) is 12.9. The van der Waals surface area contributed by atoms with Gasteiger partial charge in [0.2, 0.25) is 11.8 Å². The number of rotatable bonds is 8. The number of carbonyl (C=O) groups is 4. The molecule has 2 saturated heterocycles. The third-order valence-corrected chi connectivity index (χ3v) is 7.33. The first-order valence-corrected chi connectivity index (χ1v) is 12.9. The summed E-state index contributed by atoms with van der Waals surface area (Å²) in [4.78, 5) is 57.1. The van der Waals surface area contributed by atoms with Crippen LogP contribution in [0.1, 0.15) is 70.4 Å². The van der Waals surface area contributed by atoms with Crippen molar-refractivity contribution in [2.45, 2.75) is 38.5 Å². The fourth-order valence-electron chi connectivity index (χ4n) is 5.39. The summed E-state index contributed by atoms with van der Waals surface area (Å²) in [5.74, 6) is -1.07. The molecule has 5 rings (SSSR count). The molecule has 2 aromatic rings. The van der Waals surface area contributed by atoms with E-state index in [4.69, 9.17) is 0 Å². The smallest absolute Gasteiger partial charge is 0.225 e. The van der Waals surface area contributed by atoms with Gasteiger partial charge in [-0.05, 0) is 64.0 Å². The number of benzene rings is 2. The lowest BCUT2D eigenvalue weighted by molar-refractivity contribution is -0.117. The van der Waals surface area contributed by atoms with Crippen LogP contribution in [0.5, 0.6) is 0 Å². The third kappa shape index (κ3) is 5.10. The van der Waals surface area contributed by atoms with Crippen LogP contribution in [0, 0.1) is 0 Å². The number of likely N-dealkylation sites (tertiary alicyclic amines) is 2. The average molecular weight is 489 g/mol. The Morgan fingerprint density at radius 3 is 1.42 bits per heavy atom. The molecule has 2 aromatic carbocycles. The zero-order valence-electron chi connectivity index (χ0n) is 20.5. The van der Waals surface area contributed by atoms with Crippen LogP contribution in [0.3, 0.4) is 0 Å². The SMILES string of the molecule is O=C(CCN1CCCC1)Nc1ccc(NC(=O)CCN2CCCC2)c2c1C(=O)c1ccccc1C2=O. The maximum atomic E-state index is 13.5. The number of amides is 2. The second-order valence-corrected chi connectivity index (χ2v) is 9.81. The fraction of sp³-hybridized carbons (Fsp3) is 0.429. The maximum absolute atomic E-state index is 13.5. The summed E-state index contributed by atoms with van der Waals surface area (Å²) >= 11 is 0. The Balaban J connectivity index is 1.39. The summed E-state index contributed by atoms with van der Waals surface area (Å²) in [5, 5.41) is 5.72. The minimum Gasteiger partial charge on any atom is -0.325 e. The van der Waals surface area contributed by atoms with E-state index in [0.717, 1.165) is 51.9 Å². The van der Waals surface area contributed by atoms with Gasteiger partial charge in [0.05, 0.1) is 22.5 Å². The fourth-order valence-corrected chi connectivity index (χ4v) is 5.39. The predicted octanol–water partition coefficient (Wildman–Crippen LogP) is 3.31. The molecule has 0 saturated carbocycles. The highest BCUT2D eigenvalue weighted by atomic mass is 16.2. The number of hydrogen-bond acceptors (Lipinski definition) is 6. The molecule has 2 aliphatic heterocycles. The quantitative estimate of drug-likeness (QED) is 0.505. The van der Waals surface area contributed by atoms with E-state index >= 15 is 0 Å². The number of fused-ring (bicyclic) bond motifs is 2. The van der Waals surface area contributed by atoms with Gasteiger partial charge >= 0.3 is 0 Å². The minimum atomic E-state index is -0.330. The van der Waals surface area contributed by atoms with Gasteiger partial charge in [-0.2, -0.15) is 0 Å². The van der Waals surface area contributed by atoms with E-state index in [0.29, 0.717) is 48.4 Å². The van der Waals surface area contributed by atoms with Gasteiger partial charge < -0.3 is 20.4 Å². The van der Waals surface area contributed by atoms with Crippen molar-refractivity contribution in [3.63, 3.8) is 0 Å². The summed E-state index contributed by atoms with van der Waals surface area (Å²) < 4.78 is 0. The monoisotopic (exact) mass is 488 g/mol. The molecule has 1 aliphatic carbocycles. The number of hydrogen-bond donors (Lipinski definition) is 2. The minimum absolute atomic E-state index is 0.144. The van der Waals surface area contributed by atoms with Crippen LogP contribution in [-0.4, -0.2) is 72.4 Å². The van der Waals surface area contributed by atoms with E-state index in [1.165, 1.54) is 0 Å². The van der Waals surface area contributed by atoms with E-state index in [-0.39, 0.29) is 34.5 Å². The third-order valence-electron chi connectivity index (χ3n) is 7.33. The lowest BCUT2D eigenvalue weighted by Crippen LogP contribution is -2.29. The van der Waals surface area contributed by atoms with Crippen LogP contribution in [0.4, 0.5) is 11.4 Å². The van der Waals surface area contributed by atoms with Crippen molar-refractivity contribution in [1.82, 2.24) is 9.80 Å². The second kappa shape index (κ2) is 10.7. The highest BCUT2D eigenvalue weighted by Crippen LogP contribution is 2.36. The summed E-state index contributed by atoms with van der Waals surface area (Å²) in [6.45, 7) is 5.32. The van der Waals surface area contributed by atoms with Gasteiger partial charge in [-0.3, -0.25) is 19.2 Å². The van der Waals surface area contributed by atoms with Crippen molar-refractivity contribution >= 4 is 34.8 Å². The molecular formula is C28H32N4O4. The Morgan fingerprint density at radius 2 is 1.03 bits per heavy atom. The normalized spacial score (nSPS) is 17.7. The largest absolute Gasteiger partial charge is 0.325 e. The summed E-state index contributed by atoms with van der Waals surface area (Å²) in [6, 6.07) is 9.90. The van der Waals surface area contributed by atoms with Crippen molar-refractivity contribution in [3.05, 3.63) is 58.7 Å². The van der Waals surface area contributed by atoms with Gasteiger partial charge in [0.25, 0.3) is 0 Å². The van der Waals surface area contributed by atoms with E-state index in [1.807, 2.05) is 0 Å². The highest BCUT2D eigenvalue weighted by molar-refractivity contribution is 6.32. The lowest BCUT2D eigenvalue weighted by Gasteiger charge is -2.23. The molecule has 0 radical (unpaired) electrons. The molecule has 0 aromatic heterocycles. The molecule has 2 heterocycles. The summed E-state index contributed by atoms with van der Waals surface area (Å²) in [5.41, 5.74) is 1.51. The molecular weight excluding hydrogens is 456 g/mol. The highest BCUT2D eigenvalue weighted by Gasteiger charge is 2.34. The molecule has 0 unspecified atom stereocenters. The van der Waals surface area contributed by atoms with Crippen molar-refractivity contribution in [2.24, 2.45) is 0 Å². The molecule has 0 bridgehead atoms. The number of nitrogens with one attached hydrogen (secondary N) is 2. The van der Waals surface area contributed by atoms with E-state index in [1.54, 1.807) is 36.4 Å². The Hall–Kier alpha value is -3.36. The number of nitrogens with zero attached hydrogens (tertiary/aromatic N) is 2. The number of anilines is 2. The van der Waals surface area contributed by atoms with Crippen LogP contribution in [-0.2, 0) is 9.59 Å². The van der Waals surface area contributed by atoms with Gasteiger partial charge in [0, 0.05) is 37.1 Å². The molecule has 2 amide bonds. The second-order valence-electron chi connectivity index (χ2n) is 9.81. The van der Waals surface area contributed by atoms with Crippen molar-refractivity contribution in [3.8, 4) is 0 Å². The van der Waals surface area contributed by atoms with Crippen molar-refractivity contribution < 1.29 is 19.2 Å². The van der Waals surface area contributed by atoms with Crippen LogP contribution in [0.25, 0.3) is 0 Å². The van der Waals surface area contributed by atoms with Gasteiger partial charge in [0.15, 0.2) is 11.6 Å². The molecule has 36 heavy (non-hydrogen) atoms. The van der Waals surface area contributed by atoms with E-state index in [9.17, 15) is 19.2 Å². The Bertz CT molecular complexity index is 1100. The van der Waals surface area contributed by atoms with Gasteiger partial charge in [0.1, 0.15) is 0 Å². The lowest BCUT2D eigenvalue weighted by atomic mass is 9.82. The molecule has 2 N–H and O–H groups in total. The molecule has 8 nitrogen and oxygen atoms in total. The van der Waals surface area contributed by atoms with Crippen LogP contribution in [0.2, 0.25) is 0 Å². The predicted molar refractivity (Wildman–Crippen MR) is 138 cm³/mol.